The van der Waals surface area contributed by atoms with E-state index in [1.807, 2.05) is 55.4 Å². The number of thiophene rings is 1. The fraction of sp³-hybridized carbons (Fsp3) is 0.259. The van der Waals surface area contributed by atoms with E-state index in [0.717, 1.165) is 39.2 Å². The molecule has 176 valence electrons. The van der Waals surface area contributed by atoms with E-state index >= 15 is 0 Å². The van der Waals surface area contributed by atoms with Gasteiger partial charge in [-0.1, -0.05) is 0 Å². The lowest BCUT2D eigenvalue weighted by Crippen LogP contribution is -2.43. The lowest BCUT2D eigenvalue weighted by molar-refractivity contribution is 0.0648. The summed E-state index contributed by atoms with van der Waals surface area (Å²) in [6.45, 7) is 6.03. The van der Waals surface area contributed by atoms with E-state index in [0.29, 0.717) is 23.4 Å². The van der Waals surface area contributed by atoms with E-state index < -0.39 is 0 Å². The van der Waals surface area contributed by atoms with Crippen molar-refractivity contribution in [1.82, 2.24) is 19.7 Å². The number of nitriles is 1. The van der Waals surface area contributed by atoms with Crippen LogP contribution in [-0.4, -0.2) is 45.3 Å². The van der Waals surface area contributed by atoms with E-state index in [-0.39, 0.29) is 11.4 Å². The highest BCUT2D eigenvalue weighted by Gasteiger charge is 2.35. The molecule has 3 heterocycles. The molecule has 0 saturated heterocycles. The van der Waals surface area contributed by atoms with Crippen LogP contribution >= 0.6 is 11.3 Å². The lowest BCUT2D eigenvalue weighted by atomic mass is 9.99. The number of ether oxygens (including phenoxy) is 1. The Kier molecular flexibility index (Phi) is 5.45. The third-order valence-electron chi connectivity index (χ3n) is 6.47. The zero-order chi connectivity index (χ0) is 24.9. The van der Waals surface area contributed by atoms with Gasteiger partial charge in [-0.05, 0) is 56.0 Å². The third-order valence-corrected chi connectivity index (χ3v) is 7.14. The molecule has 0 spiro atoms. The first-order valence-electron chi connectivity index (χ1n) is 11.2. The molecule has 0 N–H and O–H groups in total. The number of carbonyl (C=O) groups is 1. The van der Waals surface area contributed by atoms with Crippen molar-refractivity contribution in [1.29, 1.82) is 5.26 Å². The fourth-order valence-corrected chi connectivity index (χ4v) is 4.93. The quantitative estimate of drug-likeness (QED) is 0.346. The maximum atomic E-state index is 13.6. The van der Waals surface area contributed by atoms with Crippen LogP contribution in [0.15, 0.2) is 47.4 Å². The number of rotatable bonds is 4. The summed E-state index contributed by atoms with van der Waals surface area (Å²) in [5, 5.41) is 18.2. The first kappa shape index (κ1) is 22.8. The fourth-order valence-electron chi connectivity index (χ4n) is 4.32. The van der Waals surface area contributed by atoms with Crippen LogP contribution in [0.4, 0.5) is 0 Å². The molecular weight excluding hydrogens is 458 g/mol. The average molecular weight is 484 g/mol. The van der Waals surface area contributed by atoms with Crippen molar-refractivity contribution in [3.63, 3.8) is 0 Å². The first-order chi connectivity index (χ1) is 16.7. The second-order valence-electron chi connectivity index (χ2n) is 9.56. The predicted molar refractivity (Wildman–Crippen MR) is 136 cm³/mol. The van der Waals surface area contributed by atoms with Crippen molar-refractivity contribution < 1.29 is 9.53 Å². The average Bonchev–Trinajstić information content (AvgIpc) is 3.58. The van der Waals surface area contributed by atoms with E-state index in [9.17, 15) is 10.1 Å². The van der Waals surface area contributed by atoms with Gasteiger partial charge in [-0.2, -0.15) is 21.7 Å². The van der Waals surface area contributed by atoms with Gasteiger partial charge in [-0.3, -0.25) is 9.78 Å². The van der Waals surface area contributed by atoms with Crippen LogP contribution in [-0.2, 0) is 6.42 Å². The monoisotopic (exact) mass is 483 g/mol. The Bertz CT molecular complexity index is 1490. The van der Waals surface area contributed by atoms with Gasteiger partial charge in [0.05, 0.1) is 24.1 Å². The van der Waals surface area contributed by atoms with Crippen molar-refractivity contribution >= 4 is 17.2 Å². The third kappa shape index (κ3) is 3.78. The van der Waals surface area contributed by atoms with Crippen molar-refractivity contribution in [2.75, 3.05) is 14.2 Å². The Labute approximate surface area is 208 Å². The summed E-state index contributed by atoms with van der Waals surface area (Å²) in [6.07, 6.45) is 3.85. The molecule has 0 aliphatic heterocycles. The Morgan fingerprint density at radius 1 is 1.23 bits per heavy atom. The molecule has 0 unspecified atom stereocenters. The number of amides is 1. The highest BCUT2D eigenvalue weighted by molar-refractivity contribution is 7.08. The van der Waals surface area contributed by atoms with Gasteiger partial charge in [0.25, 0.3) is 5.91 Å². The maximum Gasteiger partial charge on any atom is 0.274 e. The number of hydrogen-bond acceptors (Lipinski definition) is 6. The largest absolute Gasteiger partial charge is 0.496 e. The molecule has 35 heavy (non-hydrogen) atoms. The molecule has 7 nitrogen and oxygen atoms in total. The van der Waals surface area contributed by atoms with Gasteiger partial charge in [0.2, 0.25) is 0 Å². The van der Waals surface area contributed by atoms with E-state index in [2.05, 4.69) is 17.1 Å². The topological polar surface area (TPSA) is 84.0 Å². The number of aromatic nitrogens is 3. The van der Waals surface area contributed by atoms with Crippen LogP contribution in [0.5, 0.6) is 5.75 Å². The number of nitrogens with zero attached hydrogens (tertiary/aromatic N) is 5. The molecule has 0 radical (unpaired) electrons. The molecule has 4 aromatic rings. The second-order valence-corrected chi connectivity index (χ2v) is 10.3. The van der Waals surface area contributed by atoms with Crippen LogP contribution in [0.25, 0.3) is 28.1 Å². The summed E-state index contributed by atoms with van der Waals surface area (Å²) in [6, 6.07) is 10.0. The molecule has 1 amide bonds. The van der Waals surface area contributed by atoms with E-state index in [1.54, 1.807) is 35.6 Å². The number of carbonyl (C=O) groups excluding carboxylic acids is 1. The normalized spacial score (nSPS) is 12.1. The molecule has 0 saturated carbocycles. The summed E-state index contributed by atoms with van der Waals surface area (Å²) >= 11 is 1.58. The minimum Gasteiger partial charge on any atom is -0.496 e. The standard InChI is InChI=1S/C27H25N5O2S/c1-27(2,3)31(4)26(33)24-22-9-17-10-23(34-5)20(18-8-16(12-28)13-29-14-18)11-21(17)25(22)32(30-24)19-6-7-35-15-19/h6-8,10-11,13-15H,9H2,1-5H3. The van der Waals surface area contributed by atoms with Gasteiger partial charge in [0.1, 0.15) is 11.8 Å². The lowest BCUT2D eigenvalue weighted by Gasteiger charge is -2.31. The zero-order valence-electron chi connectivity index (χ0n) is 20.3. The number of hydrogen-bond donors (Lipinski definition) is 0. The molecule has 1 aliphatic carbocycles. The van der Waals surface area contributed by atoms with Crippen molar-refractivity contribution in [2.45, 2.75) is 32.7 Å². The first-order valence-corrected chi connectivity index (χ1v) is 12.2. The van der Waals surface area contributed by atoms with Crippen LogP contribution in [0.2, 0.25) is 0 Å². The number of pyridine rings is 1. The summed E-state index contributed by atoms with van der Waals surface area (Å²) in [4.78, 5) is 19.5. The maximum absolute atomic E-state index is 13.6. The Balaban J connectivity index is 1.73. The minimum atomic E-state index is -0.337. The number of benzene rings is 1. The molecule has 8 heteroatoms. The summed E-state index contributed by atoms with van der Waals surface area (Å²) in [5.41, 5.74) is 7.05. The van der Waals surface area contributed by atoms with Crippen molar-refractivity contribution in [3.8, 4) is 39.9 Å². The highest BCUT2D eigenvalue weighted by Crippen LogP contribution is 2.45. The molecule has 1 aromatic carbocycles. The number of fused-ring (bicyclic) bond motifs is 3. The van der Waals surface area contributed by atoms with Crippen molar-refractivity contribution in [2.24, 2.45) is 0 Å². The van der Waals surface area contributed by atoms with Gasteiger partial charge in [0, 0.05) is 59.0 Å². The minimum absolute atomic E-state index is 0.103. The molecule has 0 atom stereocenters. The van der Waals surface area contributed by atoms with Crippen LogP contribution < -0.4 is 4.74 Å². The second kappa shape index (κ2) is 8.36. The van der Waals surface area contributed by atoms with E-state index in [4.69, 9.17) is 9.84 Å². The van der Waals surface area contributed by atoms with Crippen LogP contribution in [0.1, 0.15) is 48.0 Å². The van der Waals surface area contributed by atoms with Crippen molar-refractivity contribution in [3.05, 3.63) is 69.8 Å². The van der Waals surface area contributed by atoms with Gasteiger partial charge >= 0.3 is 0 Å². The molecule has 5 rings (SSSR count). The molecule has 1 aliphatic rings. The smallest absolute Gasteiger partial charge is 0.274 e. The van der Waals surface area contributed by atoms with Crippen LogP contribution in [0.3, 0.4) is 0 Å². The SMILES string of the molecule is COc1cc2c(cc1-c1cncc(C#N)c1)-c1c(c(C(=O)N(C)C(C)(C)C)nn1-c1ccsc1)C2. The molecule has 0 fully saturated rings. The summed E-state index contributed by atoms with van der Waals surface area (Å²) in [7, 11) is 3.45. The Hall–Kier alpha value is -3.96. The van der Waals surface area contributed by atoms with E-state index in [1.165, 1.54) is 6.20 Å². The van der Waals surface area contributed by atoms with Gasteiger partial charge in [-0.15, -0.1) is 0 Å². The Morgan fingerprint density at radius 2 is 2.03 bits per heavy atom. The van der Waals surface area contributed by atoms with Gasteiger partial charge in [0.15, 0.2) is 5.69 Å². The molecule has 0 bridgehead atoms. The molecule has 3 aromatic heterocycles. The van der Waals surface area contributed by atoms with Gasteiger partial charge < -0.3 is 9.64 Å². The summed E-state index contributed by atoms with van der Waals surface area (Å²) < 4.78 is 7.61. The number of methoxy groups -OCH3 is 1. The highest BCUT2D eigenvalue weighted by atomic mass is 32.1. The van der Waals surface area contributed by atoms with Gasteiger partial charge in [-0.25, -0.2) is 4.68 Å². The zero-order valence-corrected chi connectivity index (χ0v) is 21.1. The predicted octanol–water partition coefficient (Wildman–Crippen LogP) is 5.32. The van der Waals surface area contributed by atoms with Crippen LogP contribution in [0, 0.1) is 11.3 Å². The Morgan fingerprint density at radius 3 is 2.69 bits per heavy atom. The molecular formula is C27H25N5O2S. The summed E-state index contributed by atoms with van der Waals surface area (Å²) in [5.74, 6) is 0.592.